The van der Waals surface area contributed by atoms with Crippen LogP contribution in [0, 0.1) is 19.3 Å². The molecule has 0 unspecified atom stereocenters. The van der Waals surface area contributed by atoms with Crippen LogP contribution >= 0.6 is 0 Å². The number of rotatable bonds is 4. The minimum Gasteiger partial charge on any atom is -0.489 e. The lowest BCUT2D eigenvalue weighted by molar-refractivity contribution is 0.305. The number of hydrogen-bond donors (Lipinski definition) is 2. The van der Waals surface area contributed by atoms with E-state index in [2.05, 4.69) is 0 Å². The highest BCUT2D eigenvalue weighted by atomic mass is 16.5. The van der Waals surface area contributed by atoms with Gasteiger partial charge in [-0.05, 0) is 48.7 Å². The van der Waals surface area contributed by atoms with E-state index in [0.717, 1.165) is 22.4 Å². The van der Waals surface area contributed by atoms with Gasteiger partial charge in [-0.25, -0.2) is 0 Å². The smallest absolute Gasteiger partial charge is 0.122 e. The highest BCUT2D eigenvalue weighted by Crippen LogP contribution is 2.17. The number of nitrogens with one attached hydrogen (secondary N) is 1. The van der Waals surface area contributed by atoms with Gasteiger partial charge in [0.05, 0.1) is 0 Å². The molecule has 0 amide bonds. The summed E-state index contributed by atoms with van der Waals surface area (Å²) in [7, 11) is 0. The van der Waals surface area contributed by atoms with Crippen molar-refractivity contribution in [2.45, 2.75) is 20.5 Å². The first-order valence-electron chi connectivity index (χ1n) is 6.19. The Balaban J connectivity index is 2.10. The third kappa shape index (κ3) is 3.35. The van der Waals surface area contributed by atoms with Crippen molar-refractivity contribution in [2.24, 2.45) is 5.73 Å². The van der Waals surface area contributed by atoms with E-state index in [4.69, 9.17) is 15.9 Å². The van der Waals surface area contributed by atoms with Crippen molar-refractivity contribution >= 4 is 5.84 Å². The minimum atomic E-state index is 0.0919. The van der Waals surface area contributed by atoms with Gasteiger partial charge < -0.3 is 10.5 Å². The standard InChI is InChI=1S/C16H18N2O/c1-11-4-3-5-15(8-11)19-10-14-7-6-13(16(17)18)9-12(14)2/h3-9H,10H2,1-2H3,(H3,17,18). The molecule has 98 valence electrons. The van der Waals surface area contributed by atoms with Crippen LogP contribution in [0.25, 0.3) is 0 Å². The molecule has 0 aliphatic carbocycles. The van der Waals surface area contributed by atoms with Crippen LogP contribution in [0.1, 0.15) is 22.3 Å². The molecule has 0 saturated heterocycles. The van der Waals surface area contributed by atoms with Crippen molar-refractivity contribution in [1.29, 1.82) is 5.41 Å². The van der Waals surface area contributed by atoms with Crippen molar-refractivity contribution in [2.75, 3.05) is 0 Å². The van der Waals surface area contributed by atoms with E-state index in [-0.39, 0.29) is 5.84 Å². The second-order valence-electron chi connectivity index (χ2n) is 4.66. The van der Waals surface area contributed by atoms with Crippen LogP contribution in [0.5, 0.6) is 5.75 Å². The predicted octanol–water partition coefficient (Wildman–Crippen LogP) is 3.17. The molecule has 2 rings (SSSR count). The number of nitrogen functional groups attached to an aromatic ring is 1. The predicted molar refractivity (Wildman–Crippen MR) is 77.7 cm³/mol. The molecule has 0 saturated carbocycles. The third-order valence-electron chi connectivity index (χ3n) is 3.04. The Bertz CT molecular complexity index is 605. The molecule has 0 aliphatic rings. The molecule has 0 spiro atoms. The maximum absolute atomic E-state index is 7.41. The maximum atomic E-state index is 7.41. The number of nitrogens with two attached hydrogens (primary N) is 1. The first-order valence-corrected chi connectivity index (χ1v) is 6.19. The van der Waals surface area contributed by atoms with E-state index in [9.17, 15) is 0 Å². The molecule has 2 aromatic rings. The second kappa shape index (κ2) is 5.57. The molecule has 0 radical (unpaired) electrons. The lowest BCUT2D eigenvalue weighted by Gasteiger charge is -2.10. The summed E-state index contributed by atoms with van der Waals surface area (Å²) in [6, 6.07) is 13.7. The number of ether oxygens (including phenoxy) is 1. The van der Waals surface area contributed by atoms with Crippen LogP contribution < -0.4 is 10.5 Å². The summed E-state index contributed by atoms with van der Waals surface area (Å²) >= 11 is 0. The van der Waals surface area contributed by atoms with Gasteiger partial charge in [-0.3, -0.25) is 5.41 Å². The molecule has 0 fully saturated rings. The quantitative estimate of drug-likeness (QED) is 0.650. The van der Waals surface area contributed by atoms with E-state index in [1.807, 2.05) is 56.3 Å². The first-order chi connectivity index (χ1) is 9.06. The monoisotopic (exact) mass is 254 g/mol. The summed E-state index contributed by atoms with van der Waals surface area (Å²) < 4.78 is 5.77. The summed E-state index contributed by atoms with van der Waals surface area (Å²) in [5.74, 6) is 0.962. The molecule has 19 heavy (non-hydrogen) atoms. The Hall–Kier alpha value is -2.29. The zero-order valence-electron chi connectivity index (χ0n) is 11.2. The van der Waals surface area contributed by atoms with Gasteiger partial charge in [-0.15, -0.1) is 0 Å². The van der Waals surface area contributed by atoms with Crippen LogP contribution in [0.15, 0.2) is 42.5 Å². The number of aryl methyl sites for hydroxylation is 2. The second-order valence-corrected chi connectivity index (χ2v) is 4.66. The summed E-state index contributed by atoms with van der Waals surface area (Å²) in [6.45, 7) is 4.56. The largest absolute Gasteiger partial charge is 0.489 e. The summed E-state index contributed by atoms with van der Waals surface area (Å²) in [5.41, 5.74) is 9.58. The highest BCUT2D eigenvalue weighted by Gasteiger charge is 2.03. The van der Waals surface area contributed by atoms with E-state index >= 15 is 0 Å². The topological polar surface area (TPSA) is 59.1 Å². The maximum Gasteiger partial charge on any atom is 0.122 e. The van der Waals surface area contributed by atoms with Crippen molar-refractivity contribution in [1.82, 2.24) is 0 Å². The lowest BCUT2D eigenvalue weighted by Crippen LogP contribution is -2.11. The fraction of sp³-hybridized carbons (Fsp3) is 0.188. The molecule has 0 heterocycles. The highest BCUT2D eigenvalue weighted by molar-refractivity contribution is 5.95. The molecule has 0 bridgehead atoms. The lowest BCUT2D eigenvalue weighted by atomic mass is 10.1. The average Bonchev–Trinajstić information content (AvgIpc) is 2.37. The summed E-state index contributed by atoms with van der Waals surface area (Å²) in [5, 5.41) is 7.41. The van der Waals surface area contributed by atoms with Gasteiger partial charge >= 0.3 is 0 Å². The van der Waals surface area contributed by atoms with Crippen LogP contribution in [0.2, 0.25) is 0 Å². The molecular weight excluding hydrogens is 236 g/mol. The van der Waals surface area contributed by atoms with Gasteiger partial charge in [0.25, 0.3) is 0 Å². The Kier molecular flexibility index (Phi) is 3.85. The summed E-state index contributed by atoms with van der Waals surface area (Å²) in [6.07, 6.45) is 0. The molecule has 3 N–H and O–H groups in total. The van der Waals surface area contributed by atoms with Crippen LogP contribution in [0.3, 0.4) is 0 Å². The number of benzene rings is 2. The minimum absolute atomic E-state index is 0.0919. The average molecular weight is 254 g/mol. The van der Waals surface area contributed by atoms with Gasteiger partial charge in [0.2, 0.25) is 0 Å². The Morgan fingerprint density at radius 3 is 2.58 bits per heavy atom. The molecule has 3 heteroatoms. The van der Waals surface area contributed by atoms with Crippen molar-refractivity contribution in [3.8, 4) is 5.75 Å². The molecule has 2 aromatic carbocycles. The SMILES string of the molecule is Cc1cccc(OCc2ccc(C(=N)N)cc2C)c1. The molecule has 0 aromatic heterocycles. The van der Waals surface area contributed by atoms with E-state index < -0.39 is 0 Å². The van der Waals surface area contributed by atoms with Crippen LogP contribution in [-0.4, -0.2) is 5.84 Å². The van der Waals surface area contributed by atoms with E-state index in [1.54, 1.807) is 0 Å². The number of amidine groups is 1. The van der Waals surface area contributed by atoms with Gasteiger partial charge in [0, 0.05) is 5.56 Å². The Morgan fingerprint density at radius 2 is 1.95 bits per heavy atom. The Morgan fingerprint density at radius 1 is 1.16 bits per heavy atom. The zero-order chi connectivity index (χ0) is 13.8. The van der Waals surface area contributed by atoms with Gasteiger partial charge in [0.15, 0.2) is 0 Å². The van der Waals surface area contributed by atoms with E-state index in [0.29, 0.717) is 6.61 Å². The third-order valence-corrected chi connectivity index (χ3v) is 3.04. The normalized spacial score (nSPS) is 10.2. The van der Waals surface area contributed by atoms with Crippen LogP contribution in [0.4, 0.5) is 0 Å². The Labute approximate surface area is 113 Å². The van der Waals surface area contributed by atoms with Crippen LogP contribution in [-0.2, 0) is 6.61 Å². The van der Waals surface area contributed by atoms with E-state index in [1.165, 1.54) is 5.56 Å². The van der Waals surface area contributed by atoms with Crippen molar-refractivity contribution < 1.29 is 4.74 Å². The van der Waals surface area contributed by atoms with Gasteiger partial charge in [-0.1, -0.05) is 24.3 Å². The van der Waals surface area contributed by atoms with Crippen molar-refractivity contribution in [3.05, 3.63) is 64.7 Å². The zero-order valence-corrected chi connectivity index (χ0v) is 11.2. The summed E-state index contributed by atoms with van der Waals surface area (Å²) in [4.78, 5) is 0. The molecule has 3 nitrogen and oxygen atoms in total. The fourth-order valence-corrected chi connectivity index (χ4v) is 1.89. The molecular formula is C16H18N2O. The molecule has 0 atom stereocenters. The fourth-order valence-electron chi connectivity index (χ4n) is 1.89. The van der Waals surface area contributed by atoms with Gasteiger partial charge in [-0.2, -0.15) is 0 Å². The first kappa shape index (κ1) is 13.1. The number of hydrogen-bond acceptors (Lipinski definition) is 2. The van der Waals surface area contributed by atoms with Gasteiger partial charge in [0.1, 0.15) is 18.2 Å². The molecule has 0 aliphatic heterocycles. The van der Waals surface area contributed by atoms with Crippen molar-refractivity contribution in [3.63, 3.8) is 0 Å².